The smallest absolute Gasteiger partial charge is 0.348 e. The highest BCUT2D eigenvalue weighted by molar-refractivity contribution is 7.20. The first-order valence-electron chi connectivity index (χ1n) is 9.34. The van der Waals surface area contributed by atoms with E-state index in [1.54, 1.807) is 12.1 Å². The maximum atomic E-state index is 12.5. The maximum Gasteiger partial charge on any atom is 0.348 e. The van der Waals surface area contributed by atoms with Gasteiger partial charge in [-0.05, 0) is 30.5 Å². The van der Waals surface area contributed by atoms with Crippen molar-refractivity contribution in [2.24, 2.45) is 5.92 Å². The molecular weight excluding hydrogens is 386 g/mol. The van der Waals surface area contributed by atoms with E-state index in [0.29, 0.717) is 17.3 Å². The molecule has 6 nitrogen and oxygen atoms in total. The fourth-order valence-electron chi connectivity index (χ4n) is 3.20. The molecule has 0 bridgehead atoms. The summed E-state index contributed by atoms with van der Waals surface area (Å²) in [6.07, 6.45) is 1.48. The second kappa shape index (κ2) is 7.67. The molecule has 7 heteroatoms. The van der Waals surface area contributed by atoms with E-state index in [1.807, 2.05) is 45.0 Å². The first kappa shape index (κ1) is 19.1. The van der Waals surface area contributed by atoms with Crippen LogP contribution in [0.4, 0.5) is 11.5 Å². The summed E-state index contributed by atoms with van der Waals surface area (Å²) in [6.45, 7) is 6.26. The van der Waals surface area contributed by atoms with Gasteiger partial charge in [0.15, 0.2) is 0 Å². The Hall–Kier alpha value is -3.19. The molecule has 2 aromatic heterocycles. The number of thiophene rings is 1. The predicted octanol–water partition coefficient (Wildman–Crippen LogP) is 5.41. The largest absolute Gasteiger partial charge is 0.507 e. The average molecular weight is 407 g/mol. The molecule has 0 unspecified atom stereocenters. The lowest BCUT2D eigenvalue weighted by Crippen LogP contribution is -2.09. The fraction of sp³-hybridized carbons (Fsp3) is 0.227. The molecule has 0 saturated heterocycles. The Morgan fingerprint density at radius 1 is 1.17 bits per heavy atom. The second-order valence-electron chi connectivity index (χ2n) is 7.25. The van der Waals surface area contributed by atoms with Crippen molar-refractivity contribution in [3.63, 3.8) is 0 Å². The zero-order chi connectivity index (χ0) is 20.5. The van der Waals surface area contributed by atoms with Gasteiger partial charge in [-0.25, -0.2) is 14.8 Å². The SMILES string of the molecule is Cc1c(C(=O)OCC(C)C)sc2ncnc(Nc3cccc4c(O)cccc34)c12. The molecule has 4 aromatic rings. The number of carbonyl (C=O) groups excluding carboxylic acids is 1. The minimum absolute atomic E-state index is 0.223. The number of benzene rings is 2. The summed E-state index contributed by atoms with van der Waals surface area (Å²) in [4.78, 5) is 22.5. The lowest BCUT2D eigenvalue weighted by atomic mass is 10.1. The van der Waals surface area contributed by atoms with Crippen molar-refractivity contribution in [3.05, 3.63) is 53.2 Å². The number of carbonyl (C=O) groups is 1. The Labute approximate surface area is 172 Å². The van der Waals surface area contributed by atoms with Gasteiger partial charge < -0.3 is 15.2 Å². The van der Waals surface area contributed by atoms with E-state index in [9.17, 15) is 9.90 Å². The molecule has 0 saturated carbocycles. The van der Waals surface area contributed by atoms with E-state index in [4.69, 9.17) is 4.74 Å². The molecule has 0 aliphatic carbocycles. The molecule has 0 aliphatic heterocycles. The highest BCUT2D eigenvalue weighted by Crippen LogP contribution is 2.37. The van der Waals surface area contributed by atoms with Crippen LogP contribution in [0.2, 0.25) is 0 Å². The van der Waals surface area contributed by atoms with Crippen LogP contribution in [0.5, 0.6) is 5.75 Å². The van der Waals surface area contributed by atoms with Crippen LogP contribution in [0.25, 0.3) is 21.0 Å². The van der Waals surface area contributed by atoms with Crippen LogP contribution in [-0.2, 0) is 4.74 Å². The van der Waals surface area contributed by atoms with E-state index in [-0.39, 0.29) is 17.6 Å². The summed E-state index contributed by atoms with van der Waals surface area (Å²) in [6, 6.07) is 11.1. The summed E-state index contributed by atoms with van der Waals surface area (Å²) in [7, 11) is 0. The molecule has 2 N–H and O–H groups in total. The number of anilines is 2. The van der Waals surface area contributed by atoms with Gasteiger partial charge in [-0.2, -0.15) is 0 Å². The quantitative estimate of drug-likeness (QED) is 0.430. The number of hydrogen-bond donors (Lipinski definition) is 2. The fourth-order valence-corrected chi connectivity index (χ4v) is 4.24. The van der Waals surface area contributed by atoms with Gasteiger partial charge in [0.1, 0.15) is 27.6 Å². The number of aryl methyl sites for hydroxylation is 1. The normalized spacial score (nSPS) is 11.3. The van der Waals surface area contributed by atoms with E-state index < -0.39 is 0 Å². The third kappa shape index (κ3) is 3.61. The van der Waals surface area contributed by atoms with E-state index >= 15 is 0 Å². The van der Waals surface area contributed by atoms with Gasteiger partial charge in [-0.15, -0.1) is 11.3 Å². The molecule has 0 amide bonds. The topological polar surface area (TPSA) is 84.3 Å². The molecule has 4 rings (SSSR count). The number of phenols is 1. The Kier molecular flexibility index (Phi) is 5.07. The summed E-state index contributed by atoms with van der Waals surface area (Å²) in [5.41, 5.74) is 1.61. The lowest BCUT2D eigenvalue weighted by Gasteiger charge is -2.11. The number of phenolic OH excluding ortho intramolecular Hbond substituents is 1. The van der Waals surface area contributed by atoms with Gasteiger partial charge in [0.05, 0.1) is 12.0 Å². The molecule has 2 heterocycles. The molecule has 0 spiro atoms. The van der Waals surface area contributed by atoms with Crippen LogP contribution in [-0.4, -0.2) is 27.7 Å². The number of aromatic nitrogens is 2. The molecular formula is C22H21N3O3S. The molecule has 2 aromatic carbocycles. The molecule has 0 atom stereocenters. The zero-order valence-corrected chi connectivity index (χ0v) is 17.2. The van der Waals surface area contributed by atoms with Crippen molar-refractivity contribution in [2.45, 2.75) is 20.8 Å². The lowest BCUT2D eigenvalue weighted by molar-refractivity contribution is 0.0464. The van der Waals surface area contributed by atoms with Crippen LogP contribution in [0.1, 0.15) is 29.1 Å². The molecule has 0 fully saturated rings. The number of fused-ring (bicyclic) bond motifs is 2. The van der Waals surface area contributed by atoms with Crippen LogP contribution in [0.3, 0.4) is 0 Å². The molecule has 148 valence electrons. The number of nitrogens with one attached hydrogen (secondary N) is 1. The molecule has 0 radical (unpaired) electrons. The van der Waals surface area contributed by atoms with Gasteiger partial charge in [0.2, 0.25) is 0 Å². The number of nitrogens with zero attached hydrogens (tertiary/aromatic N) is 2. The van der Waals surface area contributed by atoms with Crippen LogP contribution >= 0.6 is 11.3 Å². The number of aromatic hydroxyl groups is 1. The summed E-state index contributed by atoms with van der Waals surface area (Å²) in [5.74, 6) is 0.775. The Balaban J connectivity index is 1.76. The maximum absolute atomic E-state index is 12.5. The monoisotopic (exact) mass is 407 g/mol. The van der Waals surface area contributed by atoms with Crippen LogP contribution < -0.4 is 5.32 Å². The van der Waals surface area contributed by atoms with E-state index in [1.165, 1.54) is 17.7 Å². The standard InChI is InChI=1S/C22H21N3O3S/c1-12(2)10-28-22(27)19-13(3)18-20(23-11-24-21(18)29-19)25-16-8-4-7-15-14(16)6-5-9-17(15)26/h4-9,11-12,26H,10H2,1-3H3,(H,23,24,25). The summed E-state index contributed by atoms with van der Waals surface area (Å²) < 4.78 is 5.40. The van der Waals surface area contributed by atoms with Crippen molar-refractivity contribution in [2.75, 3.05) is 11.9 Å². The van der Waals surface area contributed by atoms with Gasteiger partial charge in [0.25, 0.3) is 0 Å². The van der Waals surface area contributed by atoms with Crippen molar-refractivity contribution < 1.29 is 14.6 Å². The molecule has 0 aliphatic rings. The van der Waals surface area contributed by atoms with Gasteiger partial charge in [0, 0.05) is 16.5 Å². The van der Waals surface area contributed by atoms with Crippen LogP contribution in [0, 0.1) is 12.8 Å². The number of esters is 1. The van der Waals surface area contributed by atoms with Crippen molar-refractivity contribution in [3.8, 4) is 5.75 Å². The van der Waals surface area contributed by atoms with E-state index in [0.717, 1.165) is 32.2 Å². The van der Waals surface area contributed by atoms with Crippen molar-refractivity contribution in [1.29, 1.82) is 0 Å². The Morgan fingerprint density at radius 3 is 2.72 bits per heavy atom. The van der Waals surface area contributed by atoms with Gasteiger partial charge in [-0.3, -0.25) is 0 Å². The van der Waals surface area contributed by atoms with Crippen molar-refractivity contribution in [1.82, 2.24) is 9.97 Å². The third-order valence-electron chi connectivity index (χ3n) is 4.61. The van der Waals surface area contributed by atoms with Crippen molar-refractivity contribution >= 4 is 49.8 Å². The first-order valence-corrected chi connectivity index (χ1v) is 10.2. The van der Waals surface area contributed by atoms with E-state index in [2.05, 4.69) is 15.3 Å². The third-order valence-corrected chi connectivity index (χ3v) is 5.79. The minimum atomic E-state index is -0.333. The summed E-state index contributed by atoms with van der Waals surface area (Å²) >= 11 is 1.31. The molecule has 29 heavy (non-hydrogen) atoms. The van der Waals surface area contributed by atoms with Gasteiger partial charge in [-0.1, -0.05) is 38.1 Å². The zero-order valence-electron chi connectivity index (χ0n) is 16.4. The Morgan fingerprint density at radius 2 is 1.93 bits per heavy atom. The van der Waals surface area contributed by atoms with Crippen LogP contribution in [0.15, 0.2) is 42.7 Å². The first-order chi connectivity index (χ1) is 14.0. The minimum Gasteiger partial charge on any atom is -0.507 e. The van der Waals surface area contributed by atoms with Gasteiger partial charge >= 0.3 is 5.97 Å². The second-order valence-corrected chi connectivity index (χ2v) is 8.25. The highest BCUT2D eigenvalue weighted by atomic mass is 32.1. The summed E-state index contributed by atoms with van der Waals surface area (Å²) in [5, 5.41) is 15.9. The Bertz CT molecular complexity index is 1220. The average Bonchev–Trinajstić information content (AvgIpc) is 3.05. The number of hydrogen-bond acceptors (Lipinski definition) is 7. The predicted molar refractivity (Wildman–Crippen MR) is 116 cm³/mol. The number of rotatable bonds is 5. The highest BCUT2D eigenvalue weighted by Gasteiger charge is 2.21. The number of ether oxygens (including phenoxy) is 1.